The molecule has 0 atom stereocenters. The van der Waals surface area contributed by atoms with E-state index in [2.05, 4.69) is 34.8 Å². The zero-order chi connectivity index (χ0) is 17.5. The smallest absolute Gasteiger partial charge is 0.191 e. The molecule has 1 aliphatic rings. The molecule has 3 rings (SSSR count). The second-order valence-electron chi connectivity index (χ2n) is 6.87. The van der Waals surface area contributed by atoms with Gasteiger partial charge in [0.05, 0.1) is 18.5 Å². The summed E-state index contributed by atoms with van der Waals surface area (Å²) < 4.78 is 5.39. The van der Waals surface area contributed by atoms with E-state index in [4.69, 9.17) is 9.41 Å². The molecule has 1 aliphatic carbocycles. The molecule has 0 aliphatic heterocycles. The highest BCUT2D eigenvalue weighted by Crippen LogP contribution is 2.19. The molecule has 1 fully saturated rings. The minimum absolute atomic E-state index is 0. The van der Waals surface area contributed by atoms with E-state index >= 15 is 0 Å². The number of furan rings is 1. The molecule has 1 saturated carbocycles. The molecule has 2 N–H and O–H groups in total. The predicted octanol–water partition coefficient (Wildman–Crippen LogP) is 4.70. The van der Waals surface area contributed by atoms with Gasteiger partial charge in [-0.2, -0.15) is 0 Å². The normalized spacial score (nSPS) is 15.3. The molecule has 0 spiro atoms. The Bertz CT molecular complexity index is 663. The SMILES string of the molecule is CC(C)c1csc(CN=C(NCCc2ccco2)NC2CCCC2)n1.I. The molecule has 144 valence electrons. The molecule has 0 saturated heterocycles. The van der Waals surface area contributed by atoms with Crippen molar-refractivity contribution in [1.82, 2.24) is 15.6 Å². The van der Waals surface area contributed by atoms with Crippen molar-refractivity contribution < 1.29 is 4.42 Å². The summed E-state index contributed by atoms with van der Waals surface area (Å²) in [6.07, 6.45) is 7.65. The first kappa shape index (κ1) is 21.2. The Balaban J connectivity index is 0.00000243. The molecule has 5 nitrogen and oxygen atoms in total. The van der Waals surface area contributed by atoms with Gasteiger partial charge in [-0.1, -0.05) is 26.7 Å². The average Bonchev–Trinajstić information content (AvgIpc) is 3.34. The number of hydrogen-bond donors (Lipinski definition) is 2. The summed E-state index contributed by atoms with van der Waals surface area (Å²) in [5.41, 5.74) is 1.16. The lowest BCUT2D eigenvalue weighted by Gasteiger charge is -2.17. The van der Waals surface area contributed by atoms with Gasteiger partial charge in [0.15, 0.2) is 5.96 Å². The van der Waals surface area contributed by atoms with Crippen LogP contribution in [0.25, 0.3) is 0 Å². The maximum Gasteiger partial charge on any atom is 0.191 e. The number of rotatable bonds is 7. The van der Waals surface area contributed by atoms with Crippen LogP contribution in [0, 0.1) is 0 Å². The van der Waals surface area contributed by atoms with Gasteiger partial charge in [0.1, 0.15) is 10.8 Å². The van der Waals surface area contributed by atoms with E-state index in [1.165, 1.54) is 25.7 Å². The number of thiazole rings is 1. The monoisotopic (exact) mass is 488 g/mol. The van der Waals surface area contributed by atoms with Crippen molar-refractivity contribution in [3.63, 3.8) is 0 Å². The Morgan fingerprint density at radius 3 is 2.85 bits per heavy atom. The van der Waals surface area contributed by atoms with Crippen molar-refractivity contribution in [1.29, 1.82) is 0 Å². The quantitative estimate of drug-likeness (QED) is 0.337. The Morgan fingerprint density at radius 1 is 1.38 bits per heavy atom. The summed E-state index contributed by atoms with van der Waals surface area (Å²) in [5, 5.41) is 10.2. The van der Waals surface area contributed by atoms with Gasteiger partial charge in [-0.05, 0) is 30.9 Å². The number of halogens is 1. The van der Waals surface area contributed by atoms with Crippen LogP contribution in [-0.4, -0.2) is 23.5 Å². The second-order valence-corrected chi connectivity index (χ2v) is 7.81. The molecule has 0 radical (unpaired) electrons. The van der Waals surface area contributed by atoms with Crippen LogP contribution < -0.4 is 10.6 Å². The van der Waals surface area contributed by atoms with Crippen LogP contribution in [0.2, 0.25) is 0 Å². The summed E-state index contributed by atoms with van der Waals surface area (Å²) in [7, 11) is 0. The summed E-state index contributed by atoms with van der Waals surface area (Å²) in [4.78, 5) is 9.44. The number of hydrogen-bond acceptors (Lipinski definition) is 4. The number of nitrogens with one attached hydrogen (secondary N) is 2. The van der Waals surface area contributed by atoms with Crippen LogP contribution in [0.4, 0.5) is 0 Å². The van der Waals surface area contributed by atoms with Gasteiger partial charge in [-0.3, -0.25) is 0 Å². The molecule has 0 aromatic carbocycles. The largest absolute Gasteiger partial charge is 0.469 e. The lowest BCUT2D eigenvalue weighted by Crippen LogP contribution is -2.43. The fourth-order valence-electron chi connectivity index (χ4n) is 2.98. The number of guanidine groups is 1. The van der Waals surface area contributed by atoms with Crippen molar-refractivity contribution >= 4 is 41.3 Å². The van der Waals surface area contributed by atoms with Crippen molar-refractivity contribution in [3.8, 4) is 0 Å². The van der Waals surface area contributed by atoms with Crippen molar-refractivity contribution in [3.05, 3.63) is 40.2 Å². The van der Waals surface area contributed by atoms with Crippen LogP contribution >= 0.6 is 35.3 Å². The molecule has 0 amide bonds. The molecular weight excluding hydrogens is 459 g/mol. The van der Waals surface area contributed by atoms with Gasteiger partial charge < -0.3 is 15.1 Å². The highest BCUT2D eigenvalue weighted by molar-refractivity contribution is 14.0. The van der Waals surface area contributed by atoms with E-state index in [0.717, 1.165) is 35.4 Å². The van der Waals surface area contributed by atoms with Gasteiger partial charge in [-0.25, -0.2) is 9.98 Å². The minimum Gasteiger partial charge on any atom is -0.469 e. The summed E-state index contributed by atoms with van der Waals surface area (Å²) in [6, 6.07) is 4.47. The van der Waals surface area contributed by atoms with Gasteiger partial charge in [-0.15, -0.1) is 35.3 Å². The molecule has 26 heavy (non-hydrogen) atoms. The lowest BCUT2D eigenvalue weighted by molar-refractivity contribution is 0.506. The van der Waals surface area contributed by atoms with E-state index in [0.29, 0.717) is 18.5 Å². The minimum atomic E-state index is 0. The predicted molar refractivity (Wildman–Crippen MR) is 119 cm³/mol. The topological polar surface area (TPSA) is 62.5 Å². The van der Waals surface area contributed by atoms with E-state index in [1.807, 2.05) is 12.1 Å². The molecule has 0 unspecified atom stereocenters. The zero-order valence-corrected chi connectivity index (χ0v) is 18.7. The van der Waals surface area contributed by atoms with E-state index in [9.17, 15) is 0 Å². The number of aromatic nitrogens is 1. The first-order valence-electron chi connectivity index (χ1n) is 9.22. The maximum absolute atomic E-state index is 5.39. The van der Waals surface area contributed by atoms with Crippen molar-refractivity contribution in [2.45, 2.75) is 64.5 Å². The van der Waals surface area contributed by atoms with Crippen LogP contribution in [0.3, 0.4) is 0 Å². The molecule has 0 bridgehead atoms. The number of nitrogens with zero attached hydrogens (tertiary/aromatic N) is 2. The van der Waals surface area contributed by atoms with Gasteiger partial charge in [0.25, 0.3) is 0 Å². The zero-order valence-electron chi connectivity index (χ0n) is 15.5. The van der Waals surface area contributed by atoms with Crippen LogP contribution in [0.1, 0.15) is 61.9 Å². The highest BCUT2D eigenvalue weighted by atomic mass is 127. The first-order valence-corrected chi connectivity index (χ1v) is 10.1. The third-order valence-electron chi connectivity index (χ3n) is 4.47. The van der Waals surface area contributed by atoms with Gasteiger partial charge in [0, 0.05) is 24.4 Å². The molecule has 2 heterocycles. The number of aliphatic imine (C=N–C) groups is 1. The second kappa shape index (κ2) is 10.9. The van der Waals surface area contributed by atoms with Crippen LogP contribution in [0.15, 0.2) is 33.2 Å². The van der Waals surface area contributed by atoms with Crippen LogP contribution in [0.5, 0.6) is 0 Å². The maximum atomic E-state index is 5.39. The molecule has 2 aromatic rings. The highest BCUT2D eigenvalue weighted by Gasteiger charge is 2.16. The van der Waals surface area contributed by atoms with Crippen molar-refractivity contribution in [2.24, 2.45) is 4.99 Å². The summed E-state index contributed by atoms with van der Waals surface area (Å²) in [6.45, 7) is 5.78. The van der Waals surface area contributed by atoms with E-state index in [1.54, 1.807) is 17.6 Å². The summed E-state index contributed by atoms with van der Waals surface area (Å²) >= 11 is 1.70. The third-order valence-corrected chi connectivity index (χ3v) is 5.33. The van der Waals surface area contributed by atoms with Crippen LogP contribution in [-0.2, 0) is 13.0 Å². The standard InChI is InChI=1S/C19H28N4OS.HI/c1-14(2)17-13-25-18(23-17)12-21-19(22-15-6-3-4-7-15)20-10-9-16-8-5-11-24-16;/h5,8,11,13-15H,3-4,6-7,9-10,12H2,1-2H3,(H2,20,21,22);1H. The lowest BCUT2D eigenvalue weighted by atomic mass is 10.2. The van der Waals surface area contributed by atoms with Gasteiger partial charge in [0.2, 0.25) is 0 Å². The molecule has 2 aromatic heterocycles. The van der Waals surface area contributed by atoms with Gasteiger partial charge >= 0.3 is 0 Å². The summed E-state index contributed by atoms with van der Waals surface area (Å²) in [5.74, 6) is 2.35. The first-order chi connectivity index (χ1) is 12.2. The Kier molecular flexibility index (Phi) is 8.90. The molecule has 7 heteroatoms. The van der Waals surface area contributed by atoms with E-state index < -0.39 is 0 Å². The fourth-order valence-corrected chi connectivity index (χ4v) is 3.86. The fraction of sp³-hybridized carbons (Fsp3) is 0.579. The average molecular weight is 488 g/mol. The Morgan fingerprint density at radius 2 is 2.19 bits per heavy atom. The molecular formula is C19H29IN4OS. The Labute approximate surface area is 177 Å². The third kappa shape index (κ3) is 6.57. The van der Waals surface area contributed by atoms with E-state index in [-0.39, 0.29) is 24.0 Å². The van der Waals surface area contributed by atoms with Crippen molar-refractivity contribution in [2.75, 3.05) is 6.54 Å². The Hall–Kier alpha value is -1.09.